The molecular formula is C15H28N2O. The highest BCUT2D eigenvalue weighted by Crippen LogP contribution is 2.18. The lowest BCUT2D eigenvalue weighted by Crippen LogP contribution is -2.29. The number of nitrogens with zero attached hydrogens (tertiary/aromatic N) is 2. The first kappa shape index (κ1) is 15.2. The zero-order chi connectivity index (χ0) is 13.5. The van der Waals surface area contributed by atoms with Crippen molar-refractivity contribution in [1.82, 2.24) is 9.80 Å². The van der Waals surface area contributed by atoms with Gasteiger partial charge in [-0.15, -0.1) is 0 Å². The summed E-state index contributed by atoms with van der Waals surface area (Å²) < 4.78 is 0. The van der Waals surface area contributed by atoms with Crippen LogP contribution in [0.15, 0.2) is 11.6 Å². The standard InChI is InChI=1S/C15H28N2O/c1-5-13(3)8-7-9-16(4)11-14-10-15(18)17(6-2)12-14/h8,14H,5-7,9-12H2,1-4H3/b13-8+/t14-/m0/s1. The van der Waals surface area contributed by atoms with Crippen molar-refractivity contribution in [2.45, 2.75) is 40.0 Å². The summed E-state index contributed by atoms with van der Waals surface area (Å²) in [5.41, 5.74) is 1.47. The Bertz CT molecular complexity index is 299. The molecule has 18 heavy (non-hydrogen) atoms. The van der Waals surface area contributed by atoms with E-state index < -0.39 is 0 Å². The molecule has 1 aliphatic rings. The molecule has 0 unspecified atom stereocenters. The molecule has 0 spiro atoms. The fourth-order valence-corrected chi connectivity index (χ4v) is 2.49. The van der Waals surface area contributed by atoms with E-state index >= 15 is 0 Å². The summed E-state index contributed by atoms with van der Waals surface area (Å²) in [7, 11) is 2.16. The lowest BCUT2D eigenvalue weighted by molar-refractivity contribution is -0.127. The summed E-state index contributed by atoms with van der Waals surface area (Å²) in [6, 6.07) is 0. The summed E-state index contributed by atoms with van der Waals surface area (Å²) in [6.07, 6.45) is 5.33. The predicted octanol–water partition coefficient (Wildman–Crippen LogP) is 2.53. The average molecular weight is 252 g/mol. The number of hydrogen-bond donors (Lipinski definition) is 0. The molecule has 0 N–H and O–H groups in total. The van der Waals surface area contributed by atoms with Crippen molar-refractivity contribution in [2.24, 2.45) is 5.92 Å². The monoisotopic (exact) mass is 252 g/mol. The van der Waals surface area contributed by atoms with Gasteiger partial charge in [-0.25, -0.2) is 0 Å². The van der Waals surface area contributed by atoms with E-state index in [0.717, 1.165) is 45.4 Å². The minimum atomic E-state index is 0.331. The van der Waals surface area contributed by atoms with E-state index in [2.05, 4.69) is 38.8 Å². The maximum absolute atomic E-state index is 11.6. The molecular weight excluding hydrogens is 224 g/mol. The highest BCUT2D eigenvalue weighted by molar-refractivity contribution is 5.78. The third-order valence-corrected chi connectivity index (χ3v) is 3.81. The maximum atomic E-state index is 11.6. The number of allylic oxidation sites excluding steroid dienone is 1. The SMILES string of the molecule is CC/C(C)=C/CCN(C)C[C@@H]1CC(=O)N(CC)C1. The summed E-state index contributed by atoms with van der Waals surface area (Å²) in [4.78, 5) is 16.0. The minimum Gasteiger partial charge on any atom is -0.343 e. The zero-order valence-corrected chi connectivity index (χ0v) is 12.4. The van der Waals surface area contributed by atoms with E-state index in [0.29, 0.717) is 11.8 Å². The van der Waals surface area contributed by atoms with Crippen LogP contribution in [0, 0.1) is 5.92 Å². The Morgan fingerprint density at radius 1 is 1.50 bits per heavy atom. The second-order valence-corrected chi connectivity index (χ2v) is 5.46. The van der Waals surface area contributed by atoms with Crippen molar-refractivity contribution >= 4 is 5.91 Å². The van der Waals surface area contributed by atoms with Crippen molar-refractivity contribution in [3.63, 3.8) is 0 Å². The van der Waals surface area contributed by atoms with E-state index in [9.17, 15) is 4.79 Å². The molecule has 0 aliphatic carbocycles. The Morgan fingerprint density at radius 3 is 2.78 bits per heavy atom. The van der Waals surface area contributed by atoms with Gasteiger partial charge >= 0.3 is 0 Å². The van der Waals surface area contributed by atoms with Gasteiger partial charge in [0.2, 0.25) is 5.91 Å². The van der Waals surface area contributed by atoms with Gasteiger partial charge in [0.15, 0.2) is 0 Å². The van der Waals surface area contributed by atoms with E-state index in [1.165, 1.54) is 5.57 Å². The highest BCUT2D eigenvalue weighted by atomic mass is 16.2. The van der Waals surface area contributed by atoms with Gasteiger partial charge in [0.05, 0.1) is 0 Å². The van der Waals surface area contributed by atoms with Crippen LogP contribution in [0.2, 0.25) is 0 Å². The zero-order valence-electron chi connectivity index (χ0n) is 12.4. The van der Waals surface area contributed by atoms with Crippen molar-refractivity contribution in [3.8, 4) is 0 Å². The smallest absolute Gasteiger partial charge is 0.222 e. The molecule has 0 saturated carbocycles. The topological polar surface area (TPSA) is 23.6 Å². The molecule has 1 atom stereocenters. The summed E-state index contributed by atoms with van der Waals surface area (Å²) in [5, 5.41) is 0. The van der Waals surface area contributed by atoms with Gasteiger partial charge in [-0.05, 0) is 39.7 Å². The lowest BCUT2D eigenvalue weighted by Gasteiger charge is -2.20. The van der Waals surface area contributed by atoms with Crippen LogP contribution in [-0.2, 0) is 4.79 Å². The fourth-order valence-electron chi connectivity index (χ4n) is 2.49. The fraction of sp³-hybridized carbons (Fsp3) is 0.800. The molecule has 3 heteroatoms. The van der Waals surface area contributed by atoms with Crippen LogP contribution in [0.5, 0.6) is 0 Å². The third kappa shape index (κ3) is 4.81. The maximum Gasteiger partial charge on any atom is 0.222 e. The second-order valence-electron chi connectivity index (χ2n) is 5.46. The van der Waals surface area contributed by atoms with Crippen LogP contribution in [-0.4, -0.2) is 48.9 Å². The molecule has 3 nitrogen and oxygen atoms in total. The molecule has 1 amide bonds. The molecule has 1 rings (SSSR count). The summed E-state index contributed by atoms with van der Waals surface area (Å²) >= 11 is 0. The Balaban J connectivity index is 2.25. The van der Waals surface area contributed by atoms with Crippen LogP contribution in [0.4, 0.5) is 0 Å². The second kappa shape index (κ2) is 7.57. The molecule has 1 aliphatic heterocycles. The van der Waals surface area contributed by atoms with Crippen LogP contribution in [0.25, 0.3) is 0 Å². The third-order valence-electron chi connectivity index (χ3n) is 3.81. The number of carbonyl (C=O) groups excluding carboxylic acids is 1. The quantitative estimate of drug-likeness (QED) is 0.650. The molecule has 0 aromatic rings. The van der Waals surface area contributed by atoms with Crippen LogP contribution in [0.1, 0.15) is 40.0 Å². The number of likely N-dealkylation sites (tertiary alicyclic amines) is 1. The lowest BCUT2D eigenvalue weighted by atomic mass is 10.1. The van der Waals surface area contributed by atoms with E-state index in [1.807, 2.05) is 4.90 Å². The predicted molar refractivity (Wildman–Crippen MR) is 76.5 cm³/mol. The van der Waals surface area contributed by atoms with Crippen LogP contribution in [0.3, 0.4) is 0 Å². The van der Waals surface area contributed by atoms with Crippen molar-refractivity contribution < 1.29 is 4.79 Å². The van der Waals surface area contributed by atoms with Crippen molar-refractivity contribution in [1.29, 1.82) is 0 Å². The molecule has 0 radical (unpaired) electrons. The van der Waals surface area contributed by atoms with Gasteiger partial charge in [-0.2, -0.15) is 0 Å². The molecule has 0 aromatic carbocycles. The molecule has 1 saturated heterocycles. The number of rotatable bonds is 7. The van der Waals surface area contributed by atoms with Gasteiger partial charge < -0.3 is 9.80 Å². The average Bonchev–Trinajstić information content (AvgIpc) is 2.69. The number of amides is 1. The number of carbonyl (C=O) groups is 1. The summed E-state index contributed by atoms with van der Waals surface area (Å²) in [6.45, 7) is 10.4. The van der Waals surface area contributed by atoms with Gasteiger partial charge in [0.1, 0.15) is 0 Å². The van der Waals surface area contributed by atoms with E-state index in [-0.39, 0.29) is 0 Å². The van der Waals surface area contributed by atoms with E-state index in [4.69, 9.17) is 0 Å². The van der Waals surface area contributed by atoms with E-state index in [1.54, 1.807) is 0 Å². The van der Waals surface area contributed by atoms with Gasteiger partial charge in [0, 0.05) is 32.6 Å². The molecule has 1 heterocycles. The number of hydrogen-bond acceptors (Lipinski definition) is 2. The van der Waals surface area contributed by atoms with Crippen molar-refractivity contribution in [3.05, 3.63) is 11.6 Å². The molecule has 0 aromatic heterocycles. The minimum absolute atomic E-state index is 0.331. The van der Waals surface area contributed by atoms with Crippen LogP contribution < -0.4 is 0 Å². The Hall–Kier alpha value is -0.830. The molecule has 104 valence electrons. The Labute approximate surface area is 112 Å². The normalized spacial score (nSPS) is 21.2. The van der Waals surface area contributed by atoms with Gasteiger partial charge in [-0.1, -0.05) is 18.6 Å². The van der Waals surface area contributed by atoms with Crippen LogP contribution >= 0.6 is 0 Å². The molecule has 1 fully saturated rings. The van der Waals surface area contributed by atoms with Gasteiger partial charge in [0.25, 0.3) is 0 Å². The Kier molecular flexibility index (Phi) is 6.41. The molecule has 0 bridgehead atoms. The first-order valence-electron chi connectivity index (χ1n) is 7.18. The largest absolute Gasteiger partial charge is 0.343 e. The first-order chi connectivity index (χ1) is 8.56. The first-order valence-corrected chi connectivity index (χ1v) is 7.18. The Morgan fingerprint density at radius 2 is 2.22 bits per heavy atom. The van der Waals surface area contributed by atoms with Crippen molar-refractivity contribution in [2.75, 3.05) is 33.2 Å². The highest BCUT2D eigenvalue weighted by Gasteiger charge is 2.28. The summed E-state index contributed by atoms with van der Waals surface area (Å²) in [5.74, 6) is 0.858. The van der Waals surface area contributed by atoms with Gasteiger partial charge in [-0.3, -0.25) is 4.79 Å².